The zero-order chi connectivity index (χ0) is 27.6. The number of ether oxygens (including phenoxy) is 1. The van der Waals surface area contributed by atoms with E-state index in [1.54, 1.807) is 54.6 Å². The maximum atomic E-state index is 13.4. The third-order valence-electron chi connectivity index (χ3n) is 6.07. The topological polar surface area (TPSA) is 122 Å². The molecule has 11 heteroatoms. The summed E-state index contributed by atoms with van der Waals surface area (Å²) in [5.74, 6) is 0.0569. The summed E-state index contributed by atoms with van der Waals surface area (Å²) in [5, 5.41) is 2.65. The van der Waals surface area contributed by atoms with E-state index in [4.69, 9.17) is 4.74 Å². The Hall–Kier alpha value is -4.35. The number of para-hydroxylation sites is 1. The number of hydrogen-bond donors (Lipinski definition) is 2. The molecule has 1 heterocycles. The molecular weight excluding hydrogens is 538 g/mol. The van der Waals surface area contributed by atoms with Crippen LogP contribution >= 0.6 is 0 Å². The van der Waals surface area contributed by atoms with Crippen molar-refractivity contribution in [2.45, 2.75) is 16.7 Å². The van der Waals surface area contributed by atoms with Crippen LogP contribution in [0.4, 0.5) is 17.1 Å². The van der Waals surface area contributed by atoms with Crippen LogP contribution in [0.3, 0.4) is 0 Å². The average Bonchev–Trinajstić information content (AvgIpc) is 2.92. The third-order valence-corrected chi connectivity index (χ3v) is 9.29. The van der Waals surface area contributed by atoms with Gasteiger partial charge in [0, 0.05) is 22.5 Å². The SMILES string of the molecule is CCOc1ccc(NS(=O)(=O)c2ccc(NC(=O)CN3c4ccccc4-c4ccccc4S3(=O)=O)cc2)cc1. The molecule has 5 rings (SSSR count). The van der Waals surface area contributed by atoms with Gasteiger partial charge in [0.05, 0.1) is 22.1 Å². The Kier molecular flexibility index (Phi) is 7.02. The normalized spacial score (nSPS) is 13.6. The Labute approximate surface area is 227 Å². The molecule has 4 aromatic rings. The number of anilines is 3. The van der Waals surface area contributed by atoms with Gasteiger partial charge >= 0.3 is 0 Å². The quantitative estimate of drug-likeness (QED) is 0.321. The second kappa shape index (κ2) is 10.4. The van der Waals surface area contributed by atoms with Crippen LogP contribution in [0, 0.1) is 0 Å². The first-order valence-electron chi connectivity index (χ1n) is 12.1. The van der Waals surface area contributed by atoms with Gasteiger partial charge in [0.1, 0.15) is 12.3 Å². The van der Waals surface area contributed by atoms with Crippen LogP contribution in [-0.2, 0) is 24.8 Å². The van der Waals surface area contributed by atoms with Crippen molar-refractivity contribution in [1.82, 2.24) is 0 Å². The second-order valence-corrected chi connectivity index (χ2v) is 12.2. The fraction of sp³-hybridized carbons (Fsp3) is 0.107. The summed E-state index contributed by atoms with van der Waals surface area (Å²) in [4.78, 5) is 13.1. The van der Waals surface area contributed by atoms with Gasteiger partial charge in [0.2, 0.25) is 5.91 Å². The van der Waals surface area contributed by atoms with Gasteiger partial charge in [-0.25, -0.2) is 16.8 Å². The van der Waals surface area contributed by atoms with Crippen LogP contribution in [0.2, 0.25) is 0 Å². The summed E-state index contributed by atoms with van der Waals surface area (Å²) in [7, 11) is -7.84. The average molecular weight is 564 g/mol. The number of rotatable bonds is 8. The highest BCUT2D eigenvalue weighted by Crippen LogP contribution is 2.42. The number of sulfonamides is 2. The molecule has 0 unspecified atom stereocenters. The number of nitrogens with zero attached hydrogens (tertiary/aromatic N) is 1. The predicted molar refractivity (Wildman–Crippen MR) is 150 cm³/mol. The molecule has 0 radical (unpaired) electrons. The van der Waals surface area contributed by atoms with E-state index in [0.29, 0.717) is 40.5 Å². The molecule has 4 aromatic carbocycles. The lowest BCUT2D eigenvalue weighted by Gasteiger charge is -2.31. The number of fused-ring (bicyclic) bond motifs is 3. The lowest BCUT2D eigenvalue weighted by molar-refractivity contribution is -0.114. The monoisotopic (exact) mass is 563 g/mol. The van der Waals surface area contributed by atoms with E-state index in [2.05, 4.69) is 10.0 Å². The van der Waals surface area contributed by atoms with E-state index >= 15 is 0 Å². The molecule has 0 aromatic heterocycles. The minimum absolute atomic E-state index is 0.00136. The molecule has 0 spiro atoms. The largest absolute Gasteiger partial charge is 0.494 e. The first kappa shape index (κ1) is 26.3. The lowest BCUT2D eigenvalue weighted by Crippen LogP contribution is -2.40. The number of carbonyl (C=O) groups excluding carboxylic acids is 1. The van der Waals surface area contributed by atoms with Crippen molar-refractivity contribution in [1.29, 1.82) is 0 Å². The lowest BCUT2D eigenvalue weighted by atomic mass is 10.0. The molecular formula is C28H25N3O6S2. The van der Waals surface area contributed by atoms with Crippen molar-refractivity contribution >= 4 is 43.0 Å². The van der Waals surface area contributed by atoms with Gasteiger partial charge in [-0.15, -0.1) is 0 Å². The summed E-state index contributed by atoms with van der Waals surface area (Å²) < 4.78 is 61.3. The van der Waals surface area contributed by atoms with Crippen molar-refractivity contribution in [2.24, 2.45) is 0 Å². The van der Waals surface area contributed by atoms with Crippen LogP contribution < -0.4 is 19.1 Å². The maximum Gasteiger partial charge on any atom is 0.265 e. The van der Waals surface area contributed by atoms with Gasteiger partial charge in [-0.05, 0) is 67.6 Å². The van der Waals surface area contributed by atoms with Crippen molar-refractivity contribution < 1.29 is 26.4 Å². The third kappa shape index (κ3) is 5.31. The fourth-order valence-corrected chi connectivity index (χ4v) is 7.01. The first-order chi connectivity index (χ1) is 18.7. The zero-order valence-electron chi connectivity index (χ0n) is 20.9. The Bertz CT molecular complexity index is 1740. The standard InChI is InChI=1S/C28H25N3O6S2/c1-2-37-22-15-11-21(12-16-22)30-38(33,34)23-17-13-20(14-18-23)29-28(32)19-31-26-9-5-3-7-24(26)25-8-4-6-10-27(25)39(31,35)36/h3-18,30H,2,19H2,1H3,(H,29,32). The fourth-order valence-electron chi connectivity index (χ4n) is 4.30. The van der Waals surface area contributed by atoms with Crippen LogP contribution in [0.5, 0.6) is 5.75 Å². The highest BCUT2D eigenvalue weighted by atomic mass is 32.2. The van der Waals surface area contributed by atoms with E-state index < -0.39 is 32.5 Å². The number of nitrogens with one attached hydrogen (secondary N) is 2. The zero-order valence-corrected chi connectivity index (χ0v) is 22.5. The van der Waals surface area contributed by atoms with Gasteiger partial charge in [0.15, 0.2) is 0 Å². The maximum absolute atomic E-state index is 13.4. The molecule has 2 N–H and O–H groups in total. The number of amides is 1. The molecule has 1 aliphatic rings. The highest BCUT2D eigenvalue weighted by Gasteiger charge is 2.35. The van der Waals surface area contributed by atoms with E-state index in [0.717, 1.165) is 4.31 Å². The molecule has 9 nitrogen and oxygen atoms in total. The van der Waals surface area contributed by atoms with Gasteiger partial charge in [-0.1, -0.05) is 36.4 Å². The van der Waals surface area contributed by atoms with Crippen LogP contribution in [-0.4, -0.2) is 35.9 Å². The first-order valence-corrected chi connectivity index (χ1v) is 15.0. The highest BCUT2D eigenvalue weighted by molar-refractivity contribution is 7.93. The van der Waals surface area contributed by atoms with Crippen molar-refractivity contribution in [2.75, 3.05) is 27.5 Å². The van der Waals surface area contributed by atoms with Crippen molar-refractivity contribution in [3.8, 4) is 16.9 Å². The molecule has 1 amide bonds. The minimum Gasteiger partial charge on any atom is -0.494 e. The molecule has 0 saturated heterocycles. The van der Waals surface area contributed by atoms with E-state index in [-0.39, 0.29) is 9.79 Å². The molecule has 1 aliphatic heterocycles. The van der Waals surface area contributed by atoms with Crippen LogP contribution in [0.1, 0.15) is 6.92 Å². The number of carbonyl (C=O) groups is 1. The Morgan fingerprint density at radius 1 is 0.821 bits per heavy atom. The summed E-state index contributed by atoms with van der Waals surface area (Å²) >= 11 is 0. The number of benzene rings is 4. The smallest absolute Gasteiger partial charge is 0.265 e. The summed E-state index contributed by atoms with van der Waals surface area (Å²) in [5.41, 5.74) is 2.41. The molecule has 0 aliphatic carbocycles. The van der Waals surface area contributed by atoms with Crippen molar-refractivity contribution in [3.05, 3.63) is 97.1 Å². The number of hydrogen-bond acceptors (Lipinski definition) is 6. The Morgan fingerprint density at radius 3 is 2.13 bits per heavy atom. The second-order valence-electron chi connectivity index (χ2n) is 8.66. The summed E-state index contributed by atoms with van der Waals surface area (Å²) in [6.45, 7) is 1.91. The van der Waals surface area contributed by atoms with E-state index in [1.807, 2.05) is 19.1 Å². The molecule has 0 atom stereocenters. The molecule has 200 valence electrons. The summed E-state index contributed by atoms with van der Waals surface area (Å²) in [6.07, 6.45) is 0. The van der Waals surface area contributed by atoms with E-state index in [1.165, 1.54) is 30.3 Å². The molecule has 0 fully saturated rings. The van der Waals surface area contributed by atoms with Gasteiger partial charge < -0.3 is 10.1 Å². The van der Waals surface area contributed by atoms with Crippen molar-refractivity contribution in [3.63, 3.8) is 0 Å². The van der Waals surface area contributed by atoms with Crippen LogP contribution in [0.15, 0.2) is 107 Å². The van der Waals surface area contributed by atoms with Gasteiger partial charge in [-0.2, -0.15) is 0 Å². The van der Waals surface area contributed by atoms with Gasteiger partial charge in [-0.3, -0.25) is 13.8 Å². The van der Waals surface area contributed by atoms with Gasteiger partial charge in [0.25, 0.3) is 20.0 Å². The Balaban J connectivity index is 1.30. The Morgan fingerprint density at radius 2 is 1.44 bits per heavy atom. The predicted octanol–water partition coefficient (Wildman–Crippen LogP) is 4.70. The van der Waals surface area contributed by atoms with Crippen LogP contribution in [0.25, 0.3) is 11.1 Å². The molecule has 0 saturated carbocycles. The molecule has 0 bridgehead atoms. The minimum atomic E-state index is -3.97. The van der Waals surface area contributed by atoms with E-state index in [9.17, 15) is 21.6 Å². The summed E-state index contributed by atoms with van der Waals surface area (Å²) in [6, 6.07) is 25.8. The molecule has 39 heavy (non-hydrogen) atoms.